The molecule has 1 aromatic carbocycles. The molecule has 7 heteroatoms. The van der Waals surface area contributed by atoms with Crippen LogP contribution in [0.25, 0.3) is 0 Å². The van der Waals surface area contributed by atoms with Crippen LogP contribution in [0.5, 0.6) is 0 Å². The van der Waals surface area contributed by atoms with Gasteiger partial charge in [0.25, 0.3) is 0 Å². The second-order valence-corrected chi connectivity index (χ2v) is 5.33. The van der Waals surface area contributed by atoms with Crippen LogP contribution in [-0.2, 0) is 9.59 Å². The summed E-state index contributed by atoms with van der Waals surface area (Å²) in [4.78, 5) is 27.0. The first-order valence-electron chi connectivity index (χ1n) is 6.78. The number of hydrogen-bond acceptors (Lipinski definition) is 4. The monoisotopic (exact) mass is 322 g/mol. The van der Waals surface area contributed by atoms with Gasteiger partial charge in [-0.05, 0) is 19.2 Å². The molecule has 0 aliphatic carbocycles. The first kappa shape index (κ1) is 18.0. The second-order valence-electron chi connectivity index (χ2n) is 4.92. The summed E-state index contributed by atoms with van der Waals surface area (Å²) < 4.78 is 0. The van der Waals surface area contributed by atoms with Crippen molar-refractivity contribution in [1.82, 2.24) is 9.80 Å². The Kier molecular flexibility index (Phi) is 7.37. The SMILES string of the molecule is CN(CCC#N)CC(=O)N(C)CC(=O)Nc1ccccc1Cl. The molecule has 2 amide bonds. The Balaban J connectivity index is 2.45. The molecule has 0 saturated carbocycles. The molecule has 0 aliphatic rings. The lowest BCUT2D eigenvalue weighted by Gasteiger charge is -2.21. The molecule has 0 aromatic heterocycles. The minimum atomic E-state index is -0.316. The Morgan fingerprint density at radius 3 is 2.59 bits per heavy atom. The topological polar surface area (TPSA) is 76.4 Å². The van der Waals surface area contributed by atoms with E-state index in [-0.39, 0.29) is 24.9 Å². The molecule has 0 unspecified atom stereocenters. The van der Waals surface area contributed by atoms with Gasteiger partial charge in [-0.1, -0.05) is 23.7 Å². The van der Waals surface area contributed by atoms with Crippen LogP contribution in [-0.4, -0.2) is 55.3 Å². The lowest BCUT2D eigenvalue weighted by Crippen LogP contribution is -2.40. The van der Waals surface area contributed by atoms with E-state index in [4.69, 9.17) is 16.9 Å². The van der Waals surface area contributed by atoms with Crippen molar-refractivity contribution in [3.63, 3.8) is 0 Å². The van der Waals surface area contributed by atoms with Crippen LogP contribution in [0.4, 0.5) is 5.69 Å². The highest BCUT2D eigenvalue weighted by Gasteiger charge is 2.15. The van der Waals surface area contributed by atoms with Crippen molar-refractivity contribution >= 4 is 29.1 Å². The van der Waals surface area contributed by atoms with Gasteiger partial charge in [-0.2, -0.15) is 5.26 Å². The van der Waals surface area contributed by atoms with Gasteiger partial charge in [0.15, 0.2) is 0 Å². The van der Waals surface area contributed by atoms with E-state index in [9.17, 15) is 9.59 Å². The summed E-state index contributed by atoms with van der Waals surface area (Å²) in [6, 6.07) is 8.92. The van der Waals surface area contributed by atoms with E-state index in [0.29, 0.717) is 23.7 Å². The molecule has 0 atom stereocenters. The van der Waals surface area contributed by atoms with Crippen LogP contribution in [0.15, 0.2) is 24.3 Å². The molecule has 1 rings (SSSR count). The second kappa shape index (κ2) is 9.03. The van der Waals surface area contributed by atoms with E-state index in [2.05, 4.69) is 5.32 Å². The highest BCUT2D eigenvalue weighted by atomic mass is 35.5. The molecular formula is C15H19ClN4O2. The Morgan fingerprint density at radius 2 is 1.95 bits per heavy atom. The van der Waals surface area contributed by atoms with Gasteiger partial charge in [0.1, 0.15) is 0 Å². The molecule has 1 N–H and O–H groups in total. The Labute approximate surface area is 135 Å². The fourth-order valence-corrected chi connectivity index (χ4v) is 1.91. The van der Waals surface area contributed by atoms with Crippen LogP contribution >= 0.6 is 11.6 Å². The Morgan fingerprint density at radius 1 is 1.27 bits per heavy atom. The van der Waals surface area contributed by atoms with Gasteiger partial charge in [-0.15, -0.1) is 0 Å². The van der Waals surface area contributed by atoms with Gasteiger partial charge < -0.3 is 10.2 Å². The molecule has 118 valence electrons. The molecular weight excluding hydrogens is 304 g/mol. The minimum Gasteiger partial charge on any atom is -0.335 e. The number of likely N-dealkylation sites (N-methyl/N-ethyl adjacent to an activating group) is 2. The summed E-state index contributed by atoms with van der Waals surface area (Å²) in [5.74, 6) is -0.502. The van der Waals surface area contributed by atoms with E-state index < -0.39 is 0 Å². The molecule has 0 saturated heterocycles. The summed E-state index contributed by atoms with van der Waals surface area (Å²) >= 11 is 5.96. The number of halogens is 1. The average Bonchev–Trinajstić information content (AvgIpc) is 2.47. The lowest BCUT2D eigenvalue weighted by atomic mass is 10.3. The van der Waals surface area contributed by atoms with E-state index in [1.807, 2.05) is 6.07 Å². The van der Waals surface area contributed by atoms with Gasteiger partial charge in [0, 0.05) is 20.0 Å². The van der Waals surface area contributed by atoms with E-state index in [0.717, 1.165) is 0 Å². The number of nitriles is 1. The number of para-hydroxylation sites is 1. The maximum absolute atomic E-state index is 12.0. The number of amides is 2. The van der Waals surface area contributed by atoms with Gasteiger partial charge in [-0.25, -0.2) is 0 Å². The zero-order valence-electron chi connectivity index (χ0n) is 12.7. The number of nitrogens with zero attached hydrogens (tertiary/aromatic N) is 3. The molecule has 0 spiro atoms. The van der Waals surface area contributed by atoms with Crippen molar-refractivity contribution < 1.29 is 9.59 Å². The third kappa shape index (κ3) is 6.12. The summed E-state index contributed by atoms with van der Waals surface area (Å²) in [5, 5.41) is 11.6. The van der Waals surface area contributed by atoms with Gasteiger partial charge in [0.2, 0.25) is 11.8 Å². The molecule has 22 heavy (non-hydrogen) atoms. The summed E-state index contributed by atoms with van der Waals surface area (Å²) in [7, 11) is 3.32. The van der Waals surface area contributed by atoms with Crippen LogP contribution in [0.3, 0.4) is 0 Å². The number of anilines is 1. The predicted molar refractivity (Wildman–Crippen MR) is 85.4 cm³/mol. The molecule has 1 aromatic rings. The number of carbonyl (C=O) groups is 2. The largest absolute Gasteiger partial charge is 0.335 e. The quantitative estimate of drug-likeness (QED) is 0.827. The van der Waals surface area contributed by atoms with Crippen molar-refractivity contribution in [3.05, 3.63) is 29.3 Å². The molecule has 0 fully saturated rings. The summed E-state index contributed by atoms with van der Waals surface area (Å²) in [6.07, 6.45) is 0.362. The van der Waals surface area contributed by atoms with E-state index >= 15 is 0 Å². The lowest BCUT2D eigenvalue weighted by molar-refractivity contribution is -0.134. The van der Waals surface area contributed by atoms with Crippen LogP contribution in [0.2, 0.25) is 5.02 Å². The van der Waals surface area contributed by atoms with Crippen LogP contribution < -0.4 is 5.32 Å². The molecule has 0 radical (unpaired) electrons. The number of rotatable bonds is 7. The van der Waals surface area contributed by atoms with Crippen molar-refractivity contribution in [2.45, 2.75) is 6.42 Å². The fourth-order valence-electron chi connectivity index (χ4n) is 1.73. The average molecular weight is 323 g/mol. The minimum absolute atomic E-state index is 0.0594. The van der Waals surface area contributed by atoms with Crippen molar-refractivity contribution in [1.29, 1.82) is 5.26 Å². The predicted octanol–water partition coefficient (Wildman–Crippen LogP) is 1.58. The number of nitrogens with one attached hydrogen (secondary N) is 1. The Hall–Kier alpha value is -2.10. The van der Waals surface area contributed by atoms with Crippen molar-refractivity contribution in [3.8, 4) is 6.07 Å². The smallest absolute Gasteiger partial charge is 0.244 e. The van der Waals surface area contributed by atoms with Crippen molar-refractivity contribution in [2.75, 3.05) is 39.0 Å². The third-order valence-electron chi connectivity index (χ3n) is 2.96. The van der Waals surface area contributed by atoms with Crippen LogP contribution in [0, 0.1) is 11.3 Å². The Bertz CT molecular complexity index is 571. The number of benzene rings is 1. The first-order valence-corrected chi connectivity index (χ1v) is 7.15. The van der Waals surface area contributed by atoms with E-state index in [1.165, 1.54) is 4.90 Å². The van der Waals surface area contributed by atoms with Gasteiger partial charge >= 0.3 is 0 Å². The summed E-state index contributed by atoms with van der Waals surface area (Å²) in [5.41, 5.74) is 0.515. The fraction of sp³-hybridized carbons (Fsp3) is 0.400. The molecule has 0 aliphatic heterocycles. The molecule has 0 heterocycles. The number of carbonyl (C=O) groups excluding carboxylic acids is 2. The van der Waals surface area contributed by atoms with Crippen LogP contribution in [0.1, 0.15) is 6.42 Å². The van der Waals surface area contributed by atoms with E-state index in [1.54, 1.807) is 43.3 Å². The molecule has 6 nitrogen and oxygen atoms in total. The normalized spacial score (nSPS) is 10.1. The zero-order chi connectivity index (χ0) is 16.5. The maximum Gasteiger partial charge on any atom is 0.244 e. The van der Waals surface area contributed by atoms with Gasteiger partial charge in [0.05, 0.1) is 29.9 Å². The zero-order valence-corrected chi connectivity index (χ0v) is 13.4. The highest BCUT2D eigenvalue weighted by Crippen LogP contribution is 2.20. The maximum atomic E-state index is 12.0. The van der Waals surface area contributed by atoms with Gasteiger partial charge in [-0.3, -0.25) is 14.5 Å². The number of hydrogen-bond donors (Lipinski definition) is 1. The highest BCUT2D eigenvalue weighted by molar-refractivity contribution is 6.33. The standard InChI is InChI=1S/C15H19ClN4O2/c1-19(9-5-8-17)11-15(22)20(2)10-14(21)18-13-7-4-3-6-12(13)16/h3-4,6-7H,5,9-11H2,1-2H3,(H,18,21). The first-order chi connectivity index (χ1) is 10.4. The van der Waals surface area contributed by atoms with Crippen molar-refractivity contribution in [2.24, 2.45) is 0 Å². The molecule has 0 bridgehead atoms. The summed E-state index contributed by atoms with van der Waals surface area (Å²) in [6.45, 7) is 0.621. The third-order valence-corrected chi connectivity index (χ3v) is 3.29.